The third-order valence-electron chi connectivity index (χ3n) is 2.17. The fraction of sp³-hybridized carbons (Fsp3) is 1.00. The summed E-state index contributed by atoms with van der Waals surface area (Å²) in [6.07, 6.45) is 2.83. The minimum Gasteiger partial charge on any atom is -0.396 e. The van der Waals surface area contributed by atoms with E-state index in [9.17, 15) is 0 Å². The fourth-order valence-corrected chi connectivity index (χ4v) is 1.28. The zero-order valence-electron chi connectivity index (χ0n) is 10.00. The molecule has 0 bridgehead atoms. The van der Waals surface area contributed by atoms with Crippen molar-refractivity contribution >= 4 is 0 Å². The van der Waals surface area contributed by atoms with E-state index in [-0.39, 0.29) is 6.61 Å². The van der Waals surface area contributed by atoms with Crippen LogP contribution in [0.2, 0.25) is 0 Å². The molecule has 4 nitrogen and oxygen atoms in total. The number of hydrogen-bond donors (Lipinski definition) is 2. The second-order valence-electron chi connectivity index (χ2n) is 3.68. The van der Waals surface area contributed by atoms with Gasteiger partial charge in [0.25, 0.3) is 0 Å². The van der Waals surface area contributed by atoms with Crippen molar-refractivity contribution in [3.63, 3.8) is 0 Å². The number of ether oxygens (including phenoxy) is 2. The van der Waals surface area contributed by atoms with Crippen molar-refractivity contribution in [3.05, 3.63) is 0 Å². The molecule has 0 aliphatic carbocycles. The van der Waals surface area contributed by atoms with Gasteiger partial charge < -0.3 is 19.9 Å². The van der Waals surface area contributed by atoms with Crippen LogP contribution in [0, 0.1) is 0 Å². The summed E-state index contributed by atoms with van der Waals surface area (Å²) >= 11 is 0. The maximum Gasteiger partial charge on any atom is 0.0591 e. The van der Waals surface area contributed by atoms with Crippen LogP contribution >= 0.6 is 0 Å². The smallest absolute Gasteiger partial charge is 0.0591 e. The Morgan fingerprint density at radius 1 is 1.20 bits per heavy atom. The van der Waals surface area contributed by atoms with Gasteiger partial charge in [-0.15, -0.1) is 0 Å². The van der Waals surface area contributed by atoms with Gasteiger partial charge in [0.05, 0.1) is 6.61 Å². The molecule has 0 aromatic heterocycles. The van der Waals surface area contributed by atoms with Crippen molar-refractivity contribution in [1.29, 1.82) is 0 Å². The molecule has 0 saturated carbocycles. The standard InChI is InChI=1S/C11H25NO3/c1-11(5-3-7-13)12-6-10-15-9-4-8-14-2/h11-13H,3-10H2,1-2H3. The second-order valence-corrected chi connectivity index (χ2v) is 3.68. The van der Waals surface area contributed by atoms with Gasteiger partial charge in [-0.2, -0.15) is 0 Å². The number of nitrogens with one attached hydrogen (secondary N) is 1. The molecular formula is C11H25NO3. The van der Waals surface area contributed by atoms with E-state index in [2.05, 4.69) is 12.2 Å². The van der Waals surface area contributed by atoms with Crippen molar-refractivity contribution in [3.8, 4) is 0 Å². The lowest BCUT2D eigenvalue weighted by atomic mass is 10.2. The molecule has 0 spiro atoms. The lowest BCUT2D eigenvalue weighted by Crippen LogP contribution is -2.29. The van der Waals surface area contributed by atoms with Gasteiger partial charge in [0.1, 0.15) is 0 Å². The summed E-state index contributed by atoms with van der Waals surface area (Å²) in [5.41, 5.74) is 0. The molecule has 0 aliphatic heterocycles. The number of rotatable bonds is 11. The van der Waals surface area contributed by atoms with E-state index in [1.807, 2.05) is 0 Å². The molecule has 4 heteroatoms. The summed E-state index contributed by atoms with van der Waals surface area (Å²) in [7, 11) is 1.70. The normalized spacial score (nSPS) is 13.0. The van der Waals surface area contributed by atoms with Crippen molar-refractivity contribution in [2.45, 2.75) is 32.2 Å². The van der Waals surface area contributed by atoms with E-state index in [0.717, 1.165) is 45.6 Å². The molecule has 0 rings (SSSR count). The summed E-state index contributed by atoms with van der Waals surface area (Å²) in [4.78, 5) is 0. The second kappa shape index (κ2) is 11.9. The molecule has 0 radical (unpaired) electrons. The van der Waals surface area contributed by atoms with Crippen LogP contribution in [-0.4, -0.2) is 51.2 Å². The average molecular weight is 219 g/mol. The van der Waals surface area contributed by atoms with Crippen LogP contribution < -0.4 is 5.32 Å². The maximum atomic E-state index is 8.64. The third kappa shape index (κ3) is 11.8. The lowest BCUT2D eigenvalue weighted by Gasteiger charge is -2.12. The molecule has 0 saturated heterocycles. The molecule has 0 aromatic rings. The fourth-order valence-electron chi connectivity index (χ4n) is 1.28. The molecule has 0 heterocycles. The Morgan fingerprint density at radius 3 is 2.67 bits per heavy atom. The summed E-state index contributed by atoms with van der Waals surface area (Å²) in [5.74, 6) is 0. The molecule has 1 unspecified atom stereocenters. The Labute approximate surface area is 93.0 Å². The Balaban J connectivity index is 3.02. The molecule has 0 fully saturated rings. The Hall–Kier alpha value is -0.160. The van der Waals surface area contributed by atoms with Crippen LogP contribution in [0.3, 0.4) is 0 Å². The van der Waals surface area contributed by atoms with Gasteiger partial charge in [-0.3, -0.25) is 0 Å². The van der Waals surface area contributed by atoms with Crippen LogP contribution in [-0.2, 0) is 9.47 Å². The van der Waals surface area contributed by atoms with E-state index >= 15 is 0 Å². The highest BCUT2D eigenvalue weighted by Gasteiger charge is 1.99. The molecule has 92 valence electrons. The Bertz CT molecular complexity index is 122. The van der Waals surface area contributed by atoms with Gasteiger partial charge in [0.15, 0.2) is 0 Å². The van der Waals surface area contributed by atoms with E-state index in [1.54, 1.807) is 7.11 Å². The number of aliphatic hydroxyl groups excluding tert-OH is 1. The van der Waals surface area contributed by atoms with Crippen molar-refractivity contribution < 1.29 is 14.6 Å². The Morgan fingerprint density at radius 2 is 2.00 bits per heavy atom. The largest absolute Gasteiger partial charge is 0.396 e. The van der Waals surface area contributed by atoms with Gasteiger partial charge in [-0.25, -0.2) is 0 Å². The highest BCUT2D eigenvalue weighted by Crippen LogP contribution is 1.94. The topological polar surface area (TPSA) is 50.7 Å². The summed E-state index contributed by atoms with van der Waals surface area (Å²) in [6, 6.07) is 0.458. The van der Waals surface area contributed by atoms with E-state index in [1.165, 1.54) is 0 Å². The van der Waals surface area contributed by atoms with E-state index in [0.29, 0.717) is 6.04 Å². The molecular weight excluding hydrogens is 194 g/mol. The maximum absolute atomic E-state index is 8.64. The van der Waals surface area contributed by atoms with Crippen LogP contribution in [0.5, 0.6) is 0 Å². The molecule has 0 aromatic carbocycles. The minimum absolute atomic E-state index is 0.277. The molecule has 0 aliphatic rings. The predicted octanol–water partition coefficient (Wildman–Crippen LogP) is 0.790. The first-order chi connectivity index (χ1) is 7.31. The number of aliphatic hydroxyl groups is 1. The first kappa shape index (κ1) is 14.8. The van der Waals surface area contributed by atoms with E-state index < -0.39 is 0 Å². The number of methoxy groups -OCH3 is 1. The predicted molar refractivity (Wildman–Crippen MR) is 61.1 cm³/mol. The van der Waals surface area contributed by atoms with Crippen LogP contribution in [0.1, 0.15) is 26.2 Å². The van der Waals surface area contributed by atoms with E-state index in [4.69, 9.17) is 14.6 Å². The first-order valence-corrected chi connectivity index (χ1v) is 5.72. The molecule has 0 amide bonds. The quantitative estimate of drug-likeness (QED) is 0.504. The van der Waals surface area contributed by atoms with Crippen molar-refractivity contribution in [2.24, 2.45) is 0 Å². The zero-order chi connectivity index (χ0) is 11.4. The number of hydrogen-bond acceptors (Lipinski definition) is 4. The van der Waals surface area contributed by atoms with Gasteiger partial charge >= 0.3 is 0 Å². The van der Waals surface area contributed by atoms with Gasteiger partial charge in [-0.1, -0.05) is 0 Å². The molecule has 2 N–H and O–H groups in total. The summed E-state index contributed by atoms with van der Waals surface area (Å²) in [6.45, 7) is 5.55. The minimum atomic E-state index is 0.277. The van der Waals surface area contributed by atoms with Gasteiger partial charge in [0.2, 0.25) is 0 Å². The summed E-state index contributed by atoms with van der Waals surface area (Å²) < 4.78 is 10.3. The van der Waals surface area contributed by atoms with Crippen molar-refractivity contribution in [1.82, 2.24) is 5.32 Å². The van der Waals surface area contributed by atoms with Gasteiger partial charge in [0, 0.05) is 39.5 Å². The lowest BCUT2D eigenvalue weighted by molar-refractivity contribution is 0.103. The SMILES string of the molecule is COCCCOCCNC(C)CCCO. The average Bonchev–Trinajstić information content (AvgIpc) is 2.25. The Kier molecular flexibility index (Phi) is 11.8. The summed E-state index contributed by atoms with van der Waals surface area (Å²) in [5, 5.41) is 12.0. The zero-order valence-corrected chi connectivity index (χ0v) is 10.00. The van der Waals surface area contributed by atoms with Crippen LogP contribution in [0.4, 0.5) is 0 Å². The first-order valence-electron chi connectivity index (χ1n) is 5.72. The highest BCUT2D eigenvalue weighted by molar-refractivity contribution is 4.59. The van der Waals surface area contributed by atoms with Crippen molar-refractivity contribution in [2.75, 3.05) is 40.1 Å². The highest BCUT2D eigenvalue weighted by atomic mass is 16.5. The van der Waals surface area contributed by atoms with Crippen LogP contribution in [0.15, 0.2) is 0 Å². The third-order valence-corrected chi connectivity index (χ3v) is 2.17. The monoisotopic (exact) mass is 219 g/mol. The molecule has 1 atom stereocenters. The molecule has 15 heavy (non-hydrogen) atoms. The van der Waals surface area contributed by atoms with Crippen LogP contribution in [0.25, 0.3) is 0 Å². The van der Waals surface area contributed by atoms with Gasteiger partial charge in [-0.05, 0) is 26.2 Å².